The highest BCUT2D eigenvalue weighted by molar-refractivity contribution is 6.33. The molecule has 0 aliphatic rings. The molecule has 0 radical (unpaired) electrons. The molecule has 0 saturated heterocycles. The first-order valence-corrected chi connectivity index (χ1v) is 8.62. The number of halogens is 2. The number of hydrogen-bond donors (Lipinski definition) is 1. The molecule has 0 atom stereocenters. The Morgan fingerprint density at radius 3 is 2.44 bits per heavy atom. The maximum absolute atomic E-state index is 13.0. The number of hydrogen-bond acceptors (Lipinski definition) is 2. The second kappa shape index (κ2) is 8.34. The Morgan fingerprint density at radius 1 is 1.16 bits per heavy atom. The topological polar surface area (TPSA) is 38.3 Å². The van der Waals surface area contributed by atoms with E-state index in [2.05, 4.69) is 38.2 Å². The minimum absolute atomic E-state index is 0.109. The van der Waals surface area contributed by atoms with E-state index in [4.69, 9.17) is 16.3 Å². The fraction of sp³-hybridized carbons (Fsp3) is 0.350. The lowest BCUT2D eigenvalue weighted by atomic mass is 9.87. The maximum atomic E-state index is 13.0. The van der Waals surface area contributed by atoms with Gasteiger partial charge < -0.3 is 10.1 Å². The average molecular weight is 364 g/mol. The molecule has 3 nitrogen and oxygen atoms in total. The maximum Gasteiger partial charge on any atom is 0.224 e. The Morgan fingerprint density at radius 2 is 1.84 bits per heavy atom. The number of anilines is 1. The van der Waals surface area contributed by atoms with Gasteiger partial charge in [-0.2, -0.15) is 0 Å². The van der Waals surface area contributed by atoms with Crippen molar-refractivity contribution in [2.24, 2.45) is 0 Å². The molecule has 5 heteroatoms. The van der Waals surface area contributed by atoms with E-state index in [0.29, 0.717) is 25.1 Å². The van der Waals surface area contributed by atoms with E-state index in [1.807, 2.05) is 12.1 Å². The second-order valence-electron chi connectivity index (χ2n) is 6.90. The molecule has 2 rings (SSSR count). The van der Waals surface area contributed by atoms with Gasteiger partial charge in [-0.3, -0.25) is 4.79 Å². The summed E-state index contributed by atoms with van der Waals surface area (Å²) in [5, 5.41) is 2.85. The monoisotopic (exact) mass is 363 g/mol. The smallest absolute Gasteiger partial charge is 0.224 e. The van der Waals surface area contributed by atoms with Gasteiger partial charge in [0.25, 0.3) is 0 Å². The molecule has 0 aliphatic carbocycles. The molecule has 25 heavy (non-hydrogen) atoms. The first-order chi connectivity index (χ1) is 11.8. The van der Waals surface area contributed by atoms with Crippen molar-refractivity contribution >= 4 is 23.2 Å². The highest BCUT2D eigenvalue weighted by atomic mass is 35.5. The summed E-state index contributed by atoms with van der Waals surface area (Å²) in [6.45, 7) is 6.93. The van der Waals surface area contributed by atoms with Crippen molar-refractivity contribution in [1.29, 1.82) is 0 Å². The fourth-order valence-corrected chi connectivity index (χ4v) is 2.49. The summed E-state index contributed by atoms with van der Waals surface area (Å²) in [5.74, 6) is 0.170. The van der Waals surface area contributed by atoms with Gasteiger partial charge >= 0.3 is 0 Å². The lowest BCUT2D eigenvalue weighted by Crippen LogP contribution is -2.13. The zero-order valence-electron chi connectivity index (χ0n) is 14.7. The number of carbonyl (C=O) groups is 1. The minimum atomic E-state index is -0.436. The molecule has 1 amide bonds. The van der Waals surface area contributed by atoms with Gasteiger partial charge in [-0.1, -0.05) is 44.5 Å². The van der Waals surface area contributed by atoms with Crippen LogP contribution in [0.1, 0.15) is 39.2 Å². The second-order valence-corrected chi connectivity index (χ2v) is 7.31. The van der Waals surface area contributed by atoms with E-state index in [1.54, 1.807) is 0 Å². The zero-order chi connectivity index (χ0) is 18.4. The van der Waals surface area contributed by atoms with E-state index < -0.39 is 5.82 Å². The van der Waals surface area contributed by atoms with Crippen LogP contribution in [0.4, 0.5) is 10.1 Å². The molecular formula is C20H23ClFNO2. The van der Waals surface area contributed by atoms with E-state index in [1.165, 1.54) is 23.8 Å². The van der Waals surface area contributed by atoms with E-state index in [9.17, 15) is 9.18 Å². The van der Waals surface area contributed by atoms with Gasteiger partial charge in [0.1, 0.15) is 11.6 Å². The fourth-order valence-electron chi connectivity index (χ4n) is 2.28. The molecule has 0 aromatic heterocycles. The average Bonchev–Trinajstić information content (AvgIpc) is 2.54. The van der Waals surface area contributed by atoms with Crippen LogP contribution in [0.2, 0.25) is 5.02 Å². The van der Waals surface area contributed by atoms with Crippen molar-refractivity contribution in [3.63, 3.8) is 0 Å². The summed E-state index contributed by atoms with van der Waals surface area (Å²) in [4.78, 5) is 11.9. The summed E-state index contributed by atoms with van der Waals surface area (Å²) in [6.07, 6.45) is 0.874. The predicted molar refractivity (Wildman–Crippen MR) is 99.9 cm³/mol. The van der Waals surface area contributed by atoms with Crippen molar-refractivity contribution in [2.45, 2.75) is 39.0 Å². The third kappa shape index (κ3) is 6.05. The molecule has 0 bridgehead atoms. The Hall–Kier alpha value is -2.07. The first-order valence-electron chi connectivity index (χ1n) is 8.24. The molecule has 0 fully saturated rings. The zero-order valence-corrected chi connectivity index (χ0v) is 15.5. The summed E-state index contributed by atoms with van der Waals surface area (Å²) in [6, 6.07) is 11.9. The number of benzene rings is 2. The van der Waals surface area contributed by atoms with Crippen molar-refractivity contribution in [3.05, 3.63) is 58.9 Å². The van der Waals surface area contributed by atoms with Gasteiger partial charge in [-0.15, -0.1) is 0 Å². The van der Waals surface area contributed by atoms with Gasteiger partial charge in [0, 0.05) is 6.42 Å². The van der Waals surface area contributed by atoms with Crippen LogP contribution in [0.5, 0.6) is 5.75 Å². The molecule has 2 aromatic carbocycles. The minimum Gasteiger partial charge on any atom is -0.494 e. The molecule has 0 aliphatic heterocycles. The van der Waals surface area contributed by atoms with Gasteiger partial charge in [0.15, 0.2) is 0 Å². The normalized spacial score (nSPS) is 11.2. The summed E-state index contributed by atoms with van der Waals surface area (Å²) >= 11 is 5.88. The number of carbonyl (C=O) groups excluding carboxylic acids is 1. The van der Waals surface area contributed by atoms with Crippen LogP contribution < -0.4 is 10.1 Å². The Balaban J connectivity index is 1.74. The van der Waals surface area contributed by atoms with Gasteiger partial charge in [-0.25, -0.2) is 4.39 Å². The third-order valence-corrected chi connectivity index (χ3v) is 4.06. The molecule has 0 spiro atoms. The summed E-state index contributed by atoms with van der Waals surface area (Å²) in [7, 11) is 0. The molecule has 134 valence electrons. The Bertz CT molecular complexity index is 723. The SMILES string of the molecule is CC(C)(C)c1ccc(OCCCC(=O)Nc2ccc(F)cc2Cl)cc1. The van der Waals surface area contributed by atoms with E-state index in [0.717, 1.165) is 5.75 Å². The van der Waals surface area contributed by atoms with Gasteiger partial charge in [0.2, 0.25) is 5.91 Å². The number of amides is 1. The quantitative estimate of drug-likeness (QED) is 0.681. The molecule has 0 heterocycles. The lowest BCUT2D eigenvalue weighted by molar-refractivity contribution is -0.116. The van der Waals surface area contributed by atoms with Crippen LogP contribution in [-0.2, 0) is 10.2 Å². The molecule has 1 N–H and O–H groups in total. The molecular weight excluding hydrogens is 341 g/mol. The largest absolute Gasteiger partial charge is 0.494 e. The lowest BCUT2D eigenvalue weighted by Gasteiger charge is -2.19. The molecule has 0 unspecified atom stereocenters. The van der Waals surface area contributed by atoms with Crippen LogP contribution in [0, 0.1) is 5.82 Å². The number of rotatable bonds is 6. The Labute approximate surface area is 153 Å². The first kappa shape index (κ1) is 19.3. The van der Waals surface area contributed by atoms with Crippen LogP contribution in [0.3, 0.4) is 0 Å². The van der Waals surface area contributed by atoms with Crippen LogP contribution >= 0.6 is 11.6 Å². The summed E-state index contributed by atoms with van der Waals surface area (Å²) in [5.41, 5.74) is 1.76. The predicted octanol–water partition coefficient (Wildman–Crippen LogP) is 5.57. The molecule has 0 saturated carbocycles. The molecule has 2 aromatic rings. The van der Waals surface area contributed by atoms with E-state index in [-0.39, 0.29) is 16.3 Å². The highest BCUT2D eigenvalue weighted by Gasteiger charge is 2.13. The standard InChI is InChI=1S/C20H23ClFNO2/c1-20(2,3)14-6-9-16(10-7-14)25-12-4-5-19(24)23-18-11-8-15(22)13-17(18)21/h6-11,13H,4-5,12H2,1-3H3,(H,23,24). The van der Waals surface area contributed by atoms with Crippen LogP contribution in [-0.4, -0.2) is 12.5 Å². The van der Waals surface area contributed by atoms with E-state index >= 15 is 0 Å². The number of nitrogens with one attached hydrogen (secondary N) is 1. The Kier molecular flexibility index (Phi) is 6.43. The summed E-state index contributed by atoms with van der Waals surface area (Å²) < 4.78 is 18.6. The highest BCUT2D eigenvalue weighted by Crippen LogP contribution is 2.24. The van der Waals surface area contributed by atoms with Crippen molar-refractivity contribution < 1.29 is 13.9 Å². The third-order valence-electron chi connectivity index (χ3n) is 3.74. The van der Waals surface area contributed by atoms with Crippen LogP contribution in [0.25, 0.3) is 0 Å². The van der Waals surface area contributed by atoms with Crippen molar-refractivity contribution in [1.82, 2.24) is 0 Å². The van der Waals surface area contributed by atoms with Crippen LogP contribution in [0.15, 0.2) is 42.5 Å². The van der Waals surface area contributed by atoms with Crippen molar-refractivity contribution in [3.8, 4) is 5.75 Å². The van der Waals surface area contributed by atoms with Gasteiger partial charge in [0.05, 0.1) is 17.3 Å². The number of ether oxygens (including phenoxy) is 1. The van der Waals surface area contributed by atoms with Crippen molar-refractivity contribution in [2.75, 3.05) is 11.9 Å². The van der Waals surface area contributed by atoms with Gasteiger partial charge in [-0.05, 0) is 47.7 Å².